The molecular weight excluding hydrogens is 730 g/mol. The Kier molecular flexibility index (Phi) is 11.4. The Morgan fingerprint density at radius 2 is 2.02 bits per heavy atom. The lowest BCUT2D eigenvalue weighted by atomic mass is 9.68. The average molecular weight is 780 g/mol. The number of ether oxygens (including phenoxy) is 4. The predicted molar refractivity (Wildman–Crippen MR) is 208 cm³/mol. The van der Waals surface area contributed by atoms with Gasteiger partial charge in [0, 0.05) is 56.6 Å². The topological polar surface area (TPSA) is 134 Å². The monoisotopic (exact) mass is 779 g/mol. The fourth-order valence-electron chi connectivity index (χ4n) is 8.52. The summed E-state index contributed by atoms with van der Waals surface area (Å²) < 4.78 is 46.5. The molecule has 6 atom stereocenters. The Hall–Kier alpha value is -3.91. The second kappa shape index (κ2) is 16.1. The Morgan fingerprint density at radius 3 is 2.80 bits per heavy atom. The van der Waals surface area contributed by atoms with Crippen LogP contribution in [-0.2, 0) is 38.3 Å². The first-order chi connectivity index (χ1) is 26.0. The van der Waals surface area contributed by atoms with Gasteiger partial charge < -0.3 is 23.8 Å². The summed E-state index contributed by atoms with van der Waals surface area (Å²) in [5, 5.41) is 4.98. The van der Waals surface area contributed by atoms with Gasteiger partial charge in [0.25, 0.3) is 11.8 Å². The zero-order chi connectivity index (χ0) is 38.0. The zero-order valence-corrected chi connectivity index (χ0v) is 33.0. The van der Waals surface area contributed by atoms with Gasteiger partial charge in [-0.3, -0.25) is 19.0 Å². The number of rotatable bonds is 7. The number of methoxy groups -OCH3 is 2. The third-order valence-electron chi connectivity index (χ3n) is 11.3. The van der Waals surface area contributed by atoms with E-state index in [2.05, 4.69) is 43.4 Å². The van der Waals surface area contributed by atoms with Crippen LogP contribution in [0.25, 0.3) is 0 Å². The lowest BCUT2D eigenvalue weighted by Gasteiger charge is -2.46. The minimum absolute atomic E-state index is 0.0508. The number of aryl methyl sites for hydroxylation is 2. The number of amides is 2. The van der Waals surface area contributed by atoms with Gasteiger partial charge in [0.1, 0.15) is 27.8 Å². The van der Waals surface area contributed by atoms with Gasteiger partial charge in [0.05, 0.1) is 30.8 Å². The van der Waals surface area contributed by atoms with Gasteiger partial charge >= 0.3 is 0 Å². The number of aromatic nitrogens is 2. The first-order valence-corrected chi connectivity index (χ1v) is 20.8. The Morgan fingerprint density at radius 1 is 1.17 bits per heavy atom. The average Bonchev–Trinajstić information content (AvgIpc) is 3.43. The van der Waals surface area contributed by atoms with Gasteiger partial charge in [-0.05, 0) is 97.7 Å². The van der Waals surface area contributed by atoms with Crippen molar-refractivity contribution in [2.24, 2.45) is 29.2 Å². The van der Waals surface area contributed by atoms with E-state index in [-0.39, 0.29) is 46.8 Å². The van der Waals surface area contributed by atoms with Crippen LogP contribution in [0.4, 0.5) is 5.69 Å². The summed E-state index contributed by atoms with van der Waals surface area (Å²) in [6.07, 6.45) is 11.2. The summed E-state index contributed by atoms with van der Waals surface area (Å²) in [6, 6.07) is 11.5. The van der Waals surface area contributed by atoms with Crippen LogP contribution >= 0.6 is 11.6 Å². The molecule has 1 saturated carbocycles. The van der Waals surface area contributed by atoms with Crippen LogP contribution in [0.5, 0.6) is 11.6 Å². The molecule has 14 heteroatoms. The smallest absolute Gasteiger partial charge is 0.286 e. The number of halogens is 1. The van der Waals surface area contributed by atoms with Crippen LogP contribution < -0.4 is 19.1 Å². The normalized spacial score (nSPS) is 28.8. The van der Waals surface area contributed by atoms with Crippen LogP contribution in [-0.4, -0.2) is 84.8 Å². The van der Waals surface area contributed by atoms with Crippen molar-refractivity contribution in [2.75, 3.05) is 57.8 Å². The summed E-state index contributed by atoms with van der Waals surface area (Å²) in [4.78, 5) is 30.2. The molecule has 2 aromatic carbocycles. The number of hydrogen-bond acceptors (Lipinski definition) is 9. The fourth-order valence-corrected chi connectivity index (χ4v) is 10.6. The second-order valence-corrected chi connectivity index (χ2v) is 17.7. The predicted octanol–water partition coefficient (Wildman–Crippen LogP) is 6.16. The number of carbonyl (C=O) groups is 2. The molecule has 54 heavy (non-hydrogen) atoms. The number of nitrogens with one attached hydrogen (secondary N) is 1. The highest BCUT2D eigenvalue weighted by Crippen LogP contribution is 2.47. The van der Waals surface area contributed by atoms with Crippen LogP contribution in [0.1, 0.15) is 70.9 Å². The first kappa shape index (κ1) is 38.4. The van der Waals surface area contributed by atoms with Crippen molar-refractivity contribution >= 4 is 39.0 Å². The maximum Gasteiger partial charge on any atom is 0.286 e. The highest BCUT2D eigenvalue weighted by molar-refractivity contribution is 7.92. The summed E-state index contributed by atoms with van der Waals surface area (Å²) in [6.45, 7) is 4.34. The van der Waals surface area contributed by atoms with Crippen molar-refractivity contribution in [3.63, 3.8) is 0 Å². The minimum Gasteiger partial charge on any atom is -0.490 e. The van der Waals surface area contributed by atoms with E-state index in [9.17, 15) is 13.8 Å². The van der Waals surface area contributed by atoms with Gasteiger partial charge in [0.15, 0.2) is 0 Å². The quantitative estimate of drug-likeness (QED) is 0.221. The number of hydrogen-bond donors (Lipinski definition) is 1. The third-order valence-corrected chi connectivity index (χ3v) is 13.6. The maximum atomic E-state index is 14.7. The molecule has 12 nitrogen and oxygen atoms in total. The molecule has 1 spiro atoms. The van der Waals surface area contributed by atoms with Crippen molar-refractivity contribution in [3.05, 3.63) is 82.0 Å². The SMILES string of the molecule is COCCOc1nn(C)cc1C(=O)N[S@@]1(=O)=NC(=O)c2ccc3c(c2)N(C[C@@H]2CC[C@H]2[C@@H](OC)/C=C/C[C@H](C)C1)C[C@@]1(CCCc2cc(Cl)ccc21)CO3. The zero-order valence-electron chi connectivity index (χ0n) is 31.4. The van der Waals surface area contributed by atoms with E-state index in [0.717, 1.165) is 49.4 Å². The highest BCUT2D eigenvalue weighted by Gasteiger charge is 2.44. The minimum atomic E-state index is -3.64. The van der Waals surface area contributed by atoms with Crippen LogP contribution in [0.3, 0.4) is 0 Å². The van der Waals surface area contributed by atoms with E-state index < -0.39 is 21.7 Å². The summed E-state index contributed by atoms with van der Waals surface area (Å²) in [7, 11) is 1.32. The Labute approximate surface area is 322 Å². The van der Waals surface area contributed by atoms with E-state index in [4.69, 9.17) is 30.5 Å². The summed E-state index contributed by atoms with van der Waals surface area (Å²) in [5.41, 5.74) is 3.38. The van der Waals surface area contributed by atoms with E-state index in [1.807, 2.05) is 25.1 Å². The lowest BCUT2D eigenvalue weighted by Crippen LogP contribution is -2.49. The summed E-state index contributed by atoms with van der Waals surface area (Å²) >= 11 is 6.47. The number of carbonyl (C=O) groups excluding carboxylic acids is 2. The molecular formula is C40H50ClN5O7S. The van der Waals surface area contributed by atoms with Gasteiger partial charge in [-0.1, -0.05) is 36.7 Å². The Balaban J connectivity index is 1.28. The molecule has 0 radical (unpaired) electrons. The molecule has 2 amide bonds. The number of allylic oxidation sites excluding steroid dienone is 1. The number of anilines is 1. The molecule has 0 saturated heterocycles. The first-order valence-electron chi connectivity index (χ1n) is 18.8. The van der Waals surface area contributed by atoms with Crippen molar-refractivity contribution in [1.29, 1.82) is 0 Å². The largest absolute Gasteiger partial charge is 0.490 e. The maximum absolute atomic E-state index is 14.7. The van der Waals surface area contributed by atoms with E-state index >= 15 is 0 Å². The lowest BCUT2D eigenvalue weighted by molar-refractivity contribution is 0.0131. The molecule has 2 aliphatic heterocycles. The van der Waals surface area contributed by atoms with Crippen molar-refractivity contribution < 1.29 is 32.7 Å². The van der Waals surface area contributed by atoms with Crippen molar-refractivity contribution in [3.8, 4) is 11.6 Å². The van der Waals surface area contributed by atoms with Crippen LogP contribution in [0.2, 0.25) is 5.02 Å². The van der Waals surface area contributed by atoms with E-state index in [1.165, 1.54) is 22.0 Å². The highest BCUT2D eigenvalue weighted by atomic mass is 35.5. The van der Waals surface area contributed by atoms with Crippen LogP contribution in [0.15, 0.2) is 59.1 Å². The van der Waals surface area contributed by atoms with Crippen LogP contribution in [0, 0.1) is 17.8 Å². The molecule has 1 N–H and O–H groups in total. The molecule has 0 unspecified atom stereocenters. The molecule has 2 bridgehead atoms. The standard InChI is InChI=1S/C40H50ClN5O7S/c1-26-7-5-9-35(51-4)31-13-10-29(31)21-46-24-40(16-6-8-27-19-30(41)12-14-33(27)40)25-53-36-15-11-28(20-34(36)46)37(47)43-54(49,23-26)44-38(48)32-22-45(2)42-39(32)52-18-17-50-3/h5,9,11-12,14-15,19-20,22,26,29,31,35H,6-8,10,13,16-18,21,23-25H2,1-4H3,(H,43,44,47,48,49)/b9-5+/t26-,29-,31+,35-,40-,54-/m0/s1. The molecule has 1 aromatic heterocycles. The Bertz CT molecular complexity index is 2040. The van der Waals surface area contributed by atoms with Gasteiger partial charge in [-0.25, -0.2) is 4.21 Å². The van der Waals surface area contributed by atoms with E-state index in [1.54, 1.807) is 27.3 Å². The second-order valence-electron chi connectivity index (χ2n) is 15.3. The number of fused-ring (bicyclic) bond motifs is 4. The molecule has 2 aliphatic carbocycles. The van der Waals surface area contributed by atoms with Crippen molar-refractivity contribution in [2.45, 2.75) is 57.0 Å². The molecule has 7 rings (SSSR count). The third kappa shape index (κ3) is 8.05. The molecule has 290 valence electrons. The number of benzene rings is 2. The van der Waals surface area contributed by atoms with Gasteiger partial charge in [0.2, 0.25) is 5.88 Å². The molecule has 4 aliphatic rings. The molecule has 3 heterocycles. The van der Waals surface area contributed by atoms with E-state index in [0.29, 0.717) is 43.8 Å². The van der Waals surface area contributed by atoms with Gasteiger partial charge in [-0.2, -0.15) is 0 Å². The molecule has 3 aromatic rings. The van der Waals surface area contributed by atoms with Gasteiger partial charge in [-0.15, -0.1) is 9.46 Å². The molecule has 1 fully saturated rings. The summed E-state index contributed by atoms with van der Waals surface area (Å²) in [5.74, 6) is -0.190. The van der Waals surface area contributed by atoms with Crippen molar-refractivity contribution in [1.82, 2.24) is 14.5 Å². The number of nitrogens with zero attached hydrogens (tertiary/aromatic N) is 4. The fraction of sp³-hybridized carbons (Fsp3) is 0.525.